The molecule has 0 unspecified atom stereocenters. The van der Waals surface area contributed by atoms with Gasteiger partial charge in [0.05, 0.1) is 17.0 Å². The number of fused-ring (bicyclic) bond motifs is 1. The predicted octanol–water partition coefficient (Wildman–Crippen LogP) is 2.21. The number of hydrogen-bond donors (Lipinski definition) is 3. The van der Waals surface area contributed by atoms with Crippen molar-refractivity contribution in [3.8, 4) is 0 Å². The van der Waals surface area contributed by atoms with Crippen LogP contribution in [0.1, 0.15) is 11.7 Å². The van der Waals surface area contributed by atoms with Gasteiger partial charge < -0.3 is 10.4 Å². The van der Waals surface area contributed by atoms with Gasteiger partial charge in [0, 0.05) is 12.1 Å². The van der Waals surface area contributed by atoms with E-state index in [1.54, 1.807) is 36.4 Å². The molecule has 0 spiro atoms. The van der Waals surface area contributed by atoms with Crippen LogP contribution >= 0.6 is 0 Å². The summed E-state index contributed by atoms with van der Waals surface area (Å²) >= 11 is 0. The SMILES string of the molecule is O=c1[nH]c(NC[C@H](O)c2ccccc2F)nc2ccccc12. The Kier molecular flexibility index (Phi) is 3.84. The van der Waals surface area contributed by atoms with Crippen molar-refractivity contribution in [2.75, 3.05) is 11.9 Å². The van der Waals surface area contributed by atoms with Gasteiger partial charge in [0.25, 0.3) is 5.56 Å². The van der Waals surface area contributed by atoms with Crippen molar-refractivity contribution in [1.82, 2.24) is 9.97 Å². The summed E-state index contributed by atoms with van der Waals surface area (Å²) in [6.45, 7) is 0.0300. The third-order valence-electron chi connectivity index (χ3n) is 3.34. The van der Waals surface area contributed by atoms with Gasteiger partial charge in [-0.05, 0) is 18.2 Å². The molecule has 0 radical (unpaired) electrons. The van der Waals surface area contributed by atoms with Crippen molar-refractivity contribution in [2.45, 2.75) is 6.10 Å². The number of aliphatic hydroxyl groups excluding tert-OH is 1. The van der Waals surface area contributed by atoms with Gasteiger partial charge in [0.1, 0.15) is 5.82 Å². The number of halogens is 1. The van der Waals surface area contributed by atoms with Gasteiger partial charge in [-0.25, -0.2) is 9.37 Å². The Morgan fingerprint density at radius 3 is 2.73 bits per heavy atom. The van der Waals surface area contributed by atoms with Gasteiger partial charge in [0.15, 0.2) is 0 Å². The molecule has 1 heterocycles. The van der Waals surface area contributed by atoms with E-state index in [9.17, 15) is 14.3 Å². The molecular weight excluding hydrogens is 285 g/mol. The van der Waals surface area contributed by atoms with Crippen LogP contribution in [0.3, 0.4) is 0 Å². The molecule has 22 heavy (non-hydrogen) atoms. The maximum Gasteiger partial charge on any atom is 0.260 e. The molecule has 0 fully saturated rings. The van der Waals surface area contributed by atoms with E-state index in [0.717, 1.165) is 0 Å². The van der Waals surface area contributed by atoms with Gasteiger partial charge in [-0.15, -0.1) is 0 Å². The first-order chi connectivity index (χ1) is 10.6. The number of nitrogens with one attached hydrogen (secondary N) is 2. The van der Waals surface area contributed by atoms with Crippen LogP contribution in [0.15, 0.2) is 53.3 Å². The third kappa shape index (κ3) is 2.82. The number of benzene rings is 2. The Morgan fingerprint density at radius 1 is 1.18 bits per heavy atom. The number of para-hydroxylation sites is 1. The van der Waals surface area contributed by atoms with Gasteiger partial charge in [-0.3, -0.25) is 9.78 Å². The molecule has 2 aromatic carbocycles. The predicted molar refractivity (Wildman–Crippen MR) is 82.2 cm³/mol. The van der Waals surface area contributed by atoms with Gasteiger partial charge in [-0.1, -0.05) is 30.3 Å². The number of hydrogen-bond acceptors (Lipinski definition) is 4. The normalized spacial score (nSPS) is 12.3. The lowest BCUT2D eigenvalue weighted by atomic mass is 10.1. The lowest BCUT2D eigenvalue weighted by Gasteiger charge is -2.13. The van der Waals surface area contributed by atoms with E-state index >= 15 is 0 Å². The van der Waals surface area contributed by atoms with Crippen LogP contribution in [0.2, 0.25) is 0 Å². The highest BCUT2D eigenvalue weighted by Crippen LogP contribution is 2.17. The summed E-state index contributed by atoms with van der Waals surface area (Å²) in [6, 6.07) is 13.0. The molecule has 3 aromatic rings. The molecule has 5 nitrogen and oxygen atoms in total. The Bertz CT molecular complexity index is 863. The second kappa shape index (κ2) is 5.95. The van der Waals surface area contributed by atoms with E-state index in [1.807, 2.05) is 0 Å². The van der Waals surface area contributed by atoms with Crippen LogP contribution in [-0.4, -0.2) is 21.6 Å². The zero-order valence-electron chi connectivity index (χ0n) is 11.6. The molecule has 0 saturated carbocycles. The number of aromatic nitrogens is 2. The molecule has 0 amide bonds. The third-order valence-corrected chi connectivity index (χ3v) is 3.34. The van der Waals surface area contributed by atoms with Crippen LogP contribution in [-0.2, 0) is 0 Å². The minimum absolute atomic E-state index is 0.0300. The lowest BCUT2D eigenvalue weighted by Crippen LogP contribution is -2.18. The summed E-state index contributed by atoms with van der Waals surface area (Å²) in [5, 5.41) is 13.3. The largest absolute Gasteiger partial charge is 0.386 e. The minimum Gasteiger partial charge on any atom is -0.386 e. The molecule has 112 valence electrons. The topological polar surface area (TPSA) is 78.0 Å². The lowest BCUT2D eigenvalue weighted by molar-refractivity contribution is 0.186. The fourth-order valence-electron chi connectivity index (χ4n) is 2.22. The van der Waals surface area contributed by atoms with Crippen molar-refractivity contribution in [3.05, 3.63) is 70.3 Å². The first-order valence-corrected chi connectivity index (χ1v) is 6.80. The van der Waals surface area contributed by atoms with Crippen LogP contribution < -0.4 is 10.9 Å². The van der Waals surface area contributed by atoms with Crippen LogP contribution in [0.5, 0.6) is 0 Å². The fourth-order valence-corrected chi connectivity index (χ4v) is 2.22. The van der Waals surface area contributed by atoms with E-state index in [-0.39, 0.29) is 23.6 Å². The average molecular weight is 299 g/mol. The molecule has 0 aliphatic heterocycles. The highest BCUT2D eigenvalue weighted by Gasteiger charge is 2.12. The number of nitrogens with zero attached hydrogens (tertiary/aromatic N) is 1. The standard InChI is InChI=1S/C16H14FN3O2/c17-12-7-3-1-5-10(12)14(21)9-18-16-19-13-8-4-2-6-11(13)15(22)20-16/h1-8,14,21H,9H2,(H2,18,19,20,22)/t14-/m0/s1. The number of rotatable bonds is 4. The second-order valence-corrected chi connectivity index (χ2v) is 4.85. The number of anilines is 1. The van der Waals surface area contributed by atoms with Crippen LogP contribution in [0.25, 0.3) is 10.9 Å². The maximum absolute atomic E-state index is 13.6. The summed E-state index contributed by atoms with van der Waals surface area (Å²) in [5.41, 5.74) is 0.473. The monoisotopic (exact) mass is 299 g/mol. The maximum atomic E-state index is 13.6. The first-order valence-electron chi connectivity index (χ1n) is 6.80. The smallest absolute Gasteiger partial charge is 0.260 e. The zero-order chi connectivity index (χ0) is 15.5. The van der Waals surface area contributed by atoms with E-state index in [0.29, 0.717) is 10.9 Å². The molecule has 1 atom stereocenters. The Morgan fingerprint density at radius 2 is 1.91 bits per heavy atom. The summed E-state index contributed by atoms with van der Waals surface area (Å²) < 4.78 is 13.6. The Hall–Kier alpha value is -2.73. The molecule has 1 aromatic heterocycles. The first kappa shape index (κ1) is 14.2. The summed E-state index contributed by atoms with van der Waals surface area (Å²) in [4.78, 5) is 18.8. The van der Waals surface area contributed by atoms with Crippen LogP contribution in [0.4, 0.5) is 10.3 Å². The van der Waals surface area contributed by atoms with Crippen molar-refractivity contribution < 1.29 is 9.50 Å². The molecule has 0 bridgehead atoms. The van der Waals surface area contributed by atoms with E-state index in [2.05, 4.69) is 15.3 Å². The fraction of sp³-hybridized carbons (Fsp3) is 0.125. The molecular formula is C16H14FN3O2. The zero-order valence-corrected chi connectivity index (χ0v) is 11.6. The highest BCUT2D eigenvalue weighted by molar-refractivity contribution is 5.78. The second-order valence-electron chi connectivity index (χ2n) is 4.85. The number of H-pyrrole nitrogens is 1. The number of aromatic amines is 1. The van der Waals surface area contributed by atoms with Crippen molar-refractivity contribution in [3.63, 3.8) is 0 Å². The van der Waals surface area contributed by atoms with Crippen molar-refractivity contribution in [2.24, 2.45) is 0 Å². The molecule has 3 rings (SSSR count). The van der Waals surface area contributed by atoms with Gasteiger partial charge in [0.2, 0.25) is 5.95 Å². The Balaban J connectivity index is 1.79. The van der Waals surface area contributed by atoms with E-state index < -0.39 is 11.9 Å². The minimum atomic E-state index is -1.04. The average Bonchev–Trinajstić information content (AvgIpc) is 2.53. The van der Waals surface area contributed by atoms with E-state index in [1.165, 1.54) is 12.1 Å². The van der Waals surface area contributed by atoms with E-state index in [4.69, 9.17) is 0 Å². The molecule has 0 aliphatic rings. The molecule has 6 heteroatoms. The molecule has 0 aliphatic carbocycles. The summed E-state index contributed by atoms with van der Waals surface area (Å²) in [7, 11) is 0. The van der Waals surface area contributed by atoms with Gasteiger partial charge >= 0.3 is 0 Å². The molecule has 0 saturated heterocycles. The number of aliphatic hydroxyl groups is 1. The summed E-state index contributed by atoms with van der Waals surface area (Å²) in [6.07, 6.45) is -1.04. The van der Waals surface area contributed by atoms with Crippen LogP contribution in [0, 0.1) is 5.82 Å². The summed E-state index contributed by atoms with van der Waals surface area (Å²) in [5.74, 6) is -0.240. The molecule has 3 N–H and O–H groups in total. The van der Waals surface area contributed by atoms with Crippen molar-refractivity contribution in [1.29, 1.82) is 0 Å². The quantitative estimate of drug-likeness (QED) is 0.690. The van der Waals surface area contributed by atoms with Gasteiger partial charge in [-0.2, -0.15) is 0 Å². The highest BCUT2D eigenvalue weighted by atomic mass is 19.1. The van der Waals surface area contributed by atoms with Crippen molar-refractivity contribution >= 4 is 16.9 Å². The Labute approximate surface area is 125 Å².